The Kier molecular flexibility index (Phi) is 10.4. The molecule has 0 saturated carbocycles. The normalized spacial score (nSPS) is 33.7. The van der Waals surface area contributed by atoms with E-state index in [1.807, 2.05) is 45.2 Å². The van der Waals surface area contributed by atoms with Gasteiger partial charge in [-0.3, -0.25) is 9.59 Å². The second-order valence-corrected chi connectivity index (χ2v) is 11.7. The number of ether oxygens (including phenoxy) is 1. The Morgan fingerprint density at radius 2 is 1.91 bits per heavy atom. The molecule has 0 amide bonds. The first-order chi connectivity index (χ1) is 16.2. The average molecular weight is 507 g/mol. The molecule has 0 bridgehead atoms. The predicted molar refractivity (Wildman–Crippen MR) is 140 cm³/mol. The number of Topliss-reactive ketones (excluding diaryl/α,β-unsaturated/α-hetero) is 1. The molecule has 0 spiro atoms. The van der Waals surface area contributed by atoms with Gasteiger partial charge in [-0.15, -0.1) is 11.3 Å². The van der Waals surface area contributed by atoms with Crippen LogP contribution in [-0.4, -0.2) is 51.3 Å². The van der Waals surface area contributed by atoms with E-state index in [1.54, 1.807) is 20.8 Å². The number of esters is 1. The molecule has 1 aromatic rings. The smallest absolute Gasteiger partial charge is 0.309 e. The van der Waals surface area contributed by atoms with E-state index in [4.69, 9.17) is 10.5 Å². The lowest BCUT2D eigenvalue weighted by Crippen LogP contribution is -2.46. The molecule has 2 rings (SSSR count). The third kappa shape index (κ3) is 7.81. The number of aliphatic hydroxyl groups is 2. The lowest BCUT2D eigenvalue weighted by molar-refractivity contribution is -0.154. The van der Waals surface area contributed by atoms with Gasteiger partial charge >= 0.3 is 5.97 Å². The molecule has 1 aromatic heterocycles. The summed E-state index contributed by atoms with van der Waals surface area (Å²) in [6.07, 6.45) is 2.96. The minimum absolute atomic E-state index is 0.0827. The molecule has 0 aliphatic carbocycles. The first-order valence-corrected chi connectivity index (χ1v) is 13.2. The summed E-state index contributed by atoms with van der Waals surface area (Å²) >= 11 is 1.53. The van der Waals surface area contributed by atoms with Crippen LogP contribution in [0.2, 0.25) is 0 Å². The maximum Gasteiger partial charge on any atom is 0.309 e. The summed E-state index contributed by atoms with van der Waals surface area (Å²) in [5.74, 6) is -1.66. The van der Waals surface area contributed by atoms with Crippen molar-refractivity contribution in [2.45, 2.75) is 98.5 Å². The van der Waals surface area contributed by atoms with Gasteiger partial charge in [0.05, 0.1) is 40.8 Å². The van der Waals surface area contributed by atoms with Crippen molar-refractivity contribution < 1.29 is 24.5 Å². The molecule has 1 aliphatic rings. The quantitative estimate of drug-likeness (QED) is 0.406. The summed E-state index contributed by atoms with van der Waals surface area (Å²) < 4.78 is 5.79. The molecular weight excluding hydrogens is 464 g/mol. The van der Waals surface area contributed by atoms with Crippen LogP contribution in [0.4, 0.5) is 0 Å². The number of allylic oxidation sites excluding steroid dienone is 1. The topological polar surface area (TPSA) is 123 Å². The van der Waals surface area contributed by atoms with Crippen LogP contribution in [0.25, 0.3) is 6.08 Å². The lowest BCUT2D eigenvalue weighted by Gasteiger charge is -2.34. The number of hydrogen-bond acceptors (Lipinski definition) is 8. The molecule has 7 nitrogen and oxygen atoms in total. The average Bonchev–Trinajstić information content (AvgIpc) is 3.19. The fraction of sp³-hybridized carbons (Fsp3) is 0.667. The van der Waals surface area contributed by atoms with Crippen molar-refractivity contribution in [1.82, 2.24) is 4.98 Å². The van der Waals surface area contributed by atoms with Crippen molar-refractivity contribution in [1.29, 1.82) is 0 Å². The minimum atomic E-state index is -1.26. The van der Waals surface area contributed by atoms with Gasteiger partial charge in [0.15, 0.2) is 0 Å². The third-order valence-corrected chi connectivity index (χ3v) is 7.91. The lowest BCUT2D eigenvalue weighted by atomic mass is 9.73. The molecule has 1 aliphatic heterocycles. The van der Waals surface area contributed by atoms with E-state index in [1.165, 1.54) is 11.3 Å². The van der Waals surface area contributed by atoms with Crippen molar-refractivity contribution >= 4 is 29.2 Å². The highest BCUT2D eigenvalue weighted by molar-refractivity contribution is 7.09. The summed E-state index contributed by atoms with van der Waals surface area (Å²) in [5, 5.41) is 24.5. The van der Waals surface area contributed by atoms with Gasteiger partial charge in [0, 0.05) is 11.3 Å². The number of carbonyl (C=O) groups excluding carboxylic acids is 2. The summed E-state index contributed by atoms with van der Waals surface area (Å²) in [6.45, 7) is 12.6. The summed E-state index contributed by atoms with van der Waals surface area (Å²) in [5.41, 5.74) is 7.86. The second-order valence-electron chi connectivity index (χ2n) is 10.6. The molecule has 196 valence electrons. The van der Waals surface area contributed by atoms with E-state index in [2.05, 4.69) is 4.98 Å². The Labute approximate surface area is 213 Å². The molecule has 4 N–H and O–H groups in total. The predicted octanol–water partition coefficient (Wildman–Crippen LogP) is 4.20. The summed E-state index contributed by atoms with van der Waals surface area (Å²) in [6, 6.07) is -0.586. The second kappa shape index (κ2) is 12.4. The van der Waals surface area contributed by atoms with Crippen molar-refractivity contribution in [2.75, 3.05) is 0 Å². The fourth-order valence-electron chi connectivity index (χ4n) is 4.61. The maximum atomic E-state index is 13.2. The van der Waals surface area contributed by atoms with Crippen LogP contribution in [0, 0.1) is 24.2 Å². The zero-order valence-electron chi connectivity index (χ0n) is 22.1. The number of aromatic nitrogens is 1. The Morgan fingerprint density at radius 1 is 1.26 bits per heavy atom. The number of hydrogen-bond donors (Lipinski definition) is 3. The zero-order chi connectivity index (χ0) is 26.5. The molecule has 35 heavy (non-hydrogen) atoms. The molecule has 1 unspecified atom stereocenters. The van der Waals surface area contributed by atoms with E-state index in [-0.39, 0.29) is 18.1 Å². The first-order valence-electron chi connectivity index (χ1n) is 12.4. The summed E-state index contributed by atoms with van der Waals surface area (Å²) in [4.78, 5) is 30.6. The minimum Gasteiger partial charge on any atom is -0.456 e. The highest BCUT2D eigenvalue weighted by Crippen LogP contribution is 2.32. The molecule has 0 aromatic carbocycles. The standard InChI is InChI=1S/C27H42N2O5S/c1-15-9-8-10-16(2)24(32)18(4)26(33)27(6,7)22(30)13-23(31)34-25(21(28)11-15)17(3)12-20-14-35-19(5)29-20/h11-12,14,16,18,21-22,24-25,30,32H,8-10,13,28H2,1-7H3/b15-11-,17-12+/t16-,18+,21?,22-,24-,25+/m0/s1. The Hall–Kier alpha value is -1.87. The van der Waals surface area contributed by atoms with Gasteiger partial charge in [0.1, 0.15) is 11.9 Å². The van der Waals surface area contributed by atoms with E-state index < -0.39 is 41.7 Å². The van der Waals surface area contributed by atoms with Crippen LogP contribution in [0.3, 0.4) is 0 Å². The van der Waals surface area contributed by atoms with E-state index in [9.17, 15) is 19.8 Å². The molecular formula is C27H42N2O5S. The number of thiazole rings is 1. The molecule has 0 radical (unpaired) electrons. The number of carbonyl (C=O) groups is 2. The molecule has 0 fully saturated rings. The number of nitrogens with zero attached hydrogens (tertiary/aromatic N) is 1. The number of aryl methyl sites for hydroxylation is 1. The van der Waals surface area contributed by atoms with Crippen LogP contribution < -0.4 is 5.73 Å². The van der Waals surface area contributed by atoms with Gasteiger partial charge in [-0.05, 0) is 57.6 Å². The highest BCUT2D eigenvalue weighted by Gasteiger charge is 2.42. The first kappa shape index (κ1) is 29.4. The fourth-order valence-corrected chi connectivity index (χ4v) is 5.18. The van der Waals surface area contributed by atoms with E-state index >= 15 is 0 Å². The van der Waals surface area contributed by atoms with Gasteiger partial charge in [0.2, 0.25) is 0 Å². The van der Waals surface area contributed by atoms with Crippen LogP contribution in [0.15, 0.2) is 22.6 Å². The van der Waals surface area contributed by atoms with Crippen LogP contribution in [-0.2, 0) is 14.3 Å². The number of ketones is 1. The van der Waals surface area contributed by atoms with Gasteiger partial charge < -0.3 is 20.7 Å². The van der Waals surface area contributed by atoms with Crippen LogP contribution in [0.1, 0.15) is 77.9 Å². The van der Waals surface area contributed by atoms with Gasteiger partial charge in [0.25, 0.3) is 0 Å². The van der Waals surface area contributed by atoms with E-state index in [0.717, 1.165) is 41.1 Å². The SMILES string of the molecule is C/C1=C/C(N)[C@@H](/C(C)=C/c2csc(C)n2)OC(=O)C[C@H](O)C(C)(C)C(=O)[C@H](C)[C@@H](O)[C@@H](C)CCC1. The van der Waals surface area contributed by atoms with Crippen molar-refractivity contribution in [3.05, 3.63) is 33.3 Å². The third-order valence-electron chi connectivity index (χ3n) is 7.11. The Morgan fingerprint density at radius 3 is 2.51 bits per heavy atom. The number of aliphatic hydroxyl groups excluding tert-OH is 2. The number of cyclic esters (lactones) is 1. The Bertz CT molecular complexity index is 951. The van der Waals surface area contributed by atoms with Crippen LogP contribution >= 0.6 is 11.3 Å². The molecule has 6 atom stereocenters. The van der Waals surface area contributed by atoms with E-state index in [0.29, 0.717) is 0 Å². The molecule has 2 heterocycles. The molecule has 0 saturated heterocycles. The van der Waals surface area contributed by atoms with Crippen molar-refractivity contribution in [3.8, 4) is 0 Å². The monoisotopic (exact) mass is 506 g/mol. The molecule has 8 heteroatoms. The largest absolute Gasteiger partial charge is 0.456 e. The Balaban J connectivity index is 2.40. The summed E-state index contributed by atoms with van der Waals surface area (Å²) in [7, 11) is 0. The number of rotatable bonds is 2. The van der Waals surface area contributed by atoms with Crippen molar-refractivity contribution in [2.24, 2.45) is 23.0 Å². The van der Waals surface area contributed by atoms with Crippen molar-refractivity contribution in [3.63, 3.8) is 0 Å². The van der Waals surface area contributed by atoms with Gasteiger partial charge in [-0.25, -0.2) is 4.98 Å². The maximum absolute atomic E-state index is 13.2. The van der Waals surface area contributed by atoms with Gasteiger partial charge in [-0.2, -0.15) is 0 Å². The highest BCUT2D eigenvalue weighted by atomic mass is 32.1. The number of nitrogens with two attached hydrogens (primary N) is 1. The van der Waals surface area contributed by atoms with Gasteiger partial charge in [-0.1, -0.05) is 39.3 Å². The van der Waals surface area contributed by atoms with Crippen LogP contribution in [0.5, 0.6) is 0 Å². The zero-order valence-corrected chi connectivity index (χ0v) is 22.9.